The van der Waals surface area contributed by atoms with E-state index in [1.54, 1.807) is 0 Å². The summed E-state index contributed by atoms with van der Waals surface area (Å²) in [7, 11) is -1.75. The van der Waals surface area contributed by atoms with Gasteiger partial charge in [0.25, 0.3) is 0 Å². The zero-order valence-corrected chi connectivity index (χ0v) is 25.1. The van der Waals surface area contributed by atoms with E-state index in [4.69, 9.17) is 0 Å². The fourth-order valence-corrected chi connectivity index (χ4v) is 9.78. The van der Waals surface area contributed by atoms with E-state index in [1.165, 1.54) is 31.8 Å². The largest absolute Gasteiger partial charge is 1.00 e. The van der Waals surface area contributed by atoms with Gasteiger partial charge >= 0.3 is 17.1 Å². The SMILES string of the molecule is [B-].[Cu+].c1ccc([PH+](c2ccccc2)c2ccccc2)cc1.c1ccc([PH+](c2ccccc2)c2ccccc2)cc1. The van der Waals surface area contributed by atoms with E-state index >= 15 is 0 Å². The zero-order chi connectivity index (χ0) is 25.8. The Bertz CT molecular complexity index is 1180. The standard InChI is InChI=1S/2C18H15P.B.Cu/c2*1-4-10-16(11-5-1)19(17-12-6-2-7-13-17)18-14-8-3-9-15-18;;/h2*1-15H;;/q;;-1;+1/p+2. The predicted molar refractivity (Wildman–Crippen MR) is 179 cm³/mol. The van der Waals surface area contributed by atoms with Crippen LogP contribution in [0.5, 0.6) is 0 Å². The number of benzene rings is 6. The van der Waals surface area contributed by atoms with Crippen molar-refractivity contribution in [2.45, 2.75) is 0 Å². The molecule has 0 aromatic heterocycles. The van der Waals surface area contributed by atoms with Crippen molar-refractivity contribution in [3.63, 3.8) is 0 Å². The van der Waals surface area contributed by atoms with Crippen molar-refractivity contribution in [2.24, 2.45) is 0 Å². The van der Waals surface area contributed by atoms with E-state index in [1.807, 2.05) is 0 Å². The molecule has 40 heavy (non-hydrogen) atoms. The molecule has 6 aromatic carbocycles. The smallest absolute Gasteiger partial charge is 1.00 e. The van der Waals surface area contributed by atoms with Crippen LogP contribution in [0, 0.1) is 0 Å². The van der Waals surface area contributed by atoms with E-state index in [0.717, 1.165) is 0 Å². The topological polar surface area (TPSA) is 0 Å². The molecule has 0 amide bonds. The summed E-state index contributed by atoms with van der Waals surface area (Å²) >= 11 is 0. The van der Waals surface area contributed by atoms with Gasteiger partial charge in [-0.05, 0) is 72.8 Å². The molecule has 4 radical (unpaired) electrons. The van der Waals surface area contributed by atoms with Crippen molar-refractivity contribution in [1.82, 2.24) is 0 Å². The van der Waals surface area contributed by atoms with Gasteiger partial charge in [0, 0.05) is 0 Å². The monoisotopic (exact) mass is 600 g/mol. The molecule has 6 rings (SSSR count). The molecule has 0 nitrogen and oxygen atoms in total. The maximum atomic E-state index is 2.24. The van der Waals surface area contributed by atoms with Gasteiger partial charge in [0.05, 0.1) is 15.8 Å². The molecular weight excluding hydrogens is 569 g/mol. The molecule has 0 unspecified atom stereocenters. The second-order valence-corrected chi connectivity index (χ2v) is 13.9. The molecule has 0 spiro atoms. The first-order valence-corrected chi connectivity index (χ1v) is 16.0. The first-order valence-electron chi connectivity index (χ1n) is 13.0. The molecule has 0 aliphatic rings. The van der Waals surface area contributed by atoms with Crippen LogP contribution in [0.15, 0.2) is 182 Å². The summed E-state index contributed by atoms with van der Waals surface area (Å²) in [5, 5.41) is 8.61. The zero-order valence-electron chi connectivity index (χ0n) is 22.2. The predicted octanol–water partition coefficient (Wildman–Crippen LogP) is 5.97. The Hall–Kier alpha value is -3.24. The first kappa shape index (κ1) is 31.3. The summed E-state index contributed by atoms with van der Waals surface area (Å²) in [5.74, 6) is 0. The molecule has 0 aliphatic heterocycles. The van der Waals surface area contributed by atoms with Gasteiger partial charge in [-0.15, -0.1) is 0 Å². The second kappa shape index (κ2) is 16.8. The summed E-state index contributed by atoms with van der Waals surface area (Å²) in [4.78, 5) is 0. The van der Waals surface area contributed by atoms with Crippen molar-refractivity contribution in [3.05, 3.63) is 182 Å². The van der Waals surface area contributed by atoms with Crippen LogP contribution in [0.25, 0.3) is 0 Å². The van der Waals surface area contributed by atoms with Crippen molar-refractivity contribution >= 4 is 56.1 Å². The van der Waals surface area contributed by atoms with Gasteiger partial charge in [0.2, 0.25) is 0 Å². The normalized spacial score (nSPS) is 10.1. The van der Waals surface area contributed by atoms with Gasteiger partial charge in [-0.2, -0.15) is 0 Å². The van der Waals surface area contributed by atoms with Gasteiger partial charge in [0.15, 0.2) is 0 Å². The summed E-state index contributed by atoms with van der Waals surface area (Å²) in [6.07, 6.45) is 0. The molecule has 0 saturated heterocycles. The van der Waals surface area contributed by atoms with Crippen LogP contribution in [0.3, 0.4) is 0 Å². The van der Waals surface area contributed by atoms with Crippen molar-refractivity contribution < 1.29 is 17.1 Å². The fraction of sp³-hybridized carbons (Fsp3) is 0. The maximum absolute atomic E-state index is 2.24. The summed E-state index contributed by atoms with van der Waals surface area (Å²) < 4.78 is 0. The summed E-state index contributed by atoms with van der Waals surface area (Å²) in [5.41, 5.74) is 0. The molecule has 0 atom stereocenters. The van der Waals surface area contributed by atoms with Crippen molar-refractivity contribution in [3.8, 4) is 0 Å². The average Bonchev–Trinajstić information content (AvgIpc) is 3.01. The van der Waals surface area contributed by atoms with Gasteiger partial charge in [-0.25, -0.2) is 0 Å². The molecule has 198 valence electrons. The van der Waals surface area contributed by atoms with E-state index in [0.29, 0.717) is 0 Å². The van der Waals surface area contributed by atoms with Gasteiger partial charge in [-0.3, -0.25) is 0 Å². The summed E-state index contributed by atoms with van der Waals surface area (Å²) in [6.45, 7) is 0. The molecular formula is C36H32BCuP2+2. The van der Waals surface area contributed by atoms with Gasteiger partial charge in [-0.1, -0.05) is 109 Å². The van der Waals surface area contributed by atoms with E-state index in [-0.39, 0.29) is 25.5 Å². The molecule has 0 fully saturated rings. The Balaban J connectivity index is 0.000000210. The Kier molecular flexibility index (Phi) is 13.1. The molecule has 6 aromatic rings. The quantitative estimate of drug-likeness (QED) is 0.163. The average molecular weight is 601 g/mol. The van der Waals surface area contributed by atoms with E-state index in [2.05, 4.69) is 182 Å². The maximum Gasteiger partial charge on any atom is 1.00 e. The van der Waals surface area contributed by atoms with E-state index in [9.17, 15) is 0 Å². The van der Waals surface area contributed by atoms with Crippen LogP contribution in [0.1, 0.15) is 0 Å². The fourth-order valence-electron chi connectivity index (χ4n) is 4.63. The number of rotatable bonds is 6. The number of hydrogen-bond acceptors (Lipinski definition) is 0. The van der Waals surface area contributed by atoms with Crippen LogP contribution >= 0.6 is 15.8 Å². The summed E-state index contributed by atoms with van der Waals surface area (Å²) in [6, 6.07) is 65.0. The molecule has 0 heterocycles. The molecule has 0 N–H and O–H groups in total. The first-order chi connectivity index (χ1) is 18.9. The minimum absolute atomic E-state index is 0. The Labute approximate surface area is 254 Å². The van der Waals surface area contributed by atoms with Crippen molar-refractivity contribution in [1.29, 1.82) is 0 Å². The Morgan fingerprint density at radius 1 is 0.225 bits per heavy atom. The third kappa shape index (κ3) is 8.38. The third-order valence-corrected chi connectivity index (χ3v) is 11.8. The molecule has 0 aliphatic carbocycles. The Morgan fingerprint density at radius 2 is 0.350 bits per heavy atom. The van der Waals surface area contributed by atoms with Crippen molar-refractivity contribution in [2.75, 3.05) is 0 Å². The minimum atomic E-state index is -0.877. The minimum Gasteiger partial charge on any atom is -1.00 e. The molecule has 4 heteroatoms. The second-order valence-electron chi connectivity index (χ2n) is 8.95. The molecule has 0 saturated carbocycles. The molecule has 0 bridgehead atoms. The van der Waals surface area contributed by atoms with Gasteiger partial charge < -0.3 is 8.41 Å². The van der Waals surface area contributed by atoms with Crippen LogP contribution in [0.2, 0.25) is 0 Å². The van der Waals surface area contributed by atoms with Crippen LogP contribution in [0.4, 0.5) is 0 Å². The third-order valence-electron chi connectivity index (χ3n) is 6.37. The van der Waals surface area contributed by atoms with E-state index < -0.39 is 15.8 Å². The van der Waals surface area contributed by atoms with Crippen LogP contribution < -0.4 is 31.8 Å². The number of hydrogen-bond donors (Lipinski definition) is 0. The van der Waals surface area contributed by atoms with Gasteiger partial charge in [0.1, 0.15) is 31.8 Å². The van der Waals surface area contributed by atoms with Crippen LogP contribution in [-0.4, -0.2) is 8.41 Å². The Morgan fingerprint density at radius 3 is 0.475 bits per heavy atom. The van der Waals surface area contributed by atoms with Crippen LogP contribution in [-0.2, 0) is 17.1 Å².